The SMILES string of the molecule is CCN(CC#N)S(=O)(=O)Cc1cccc(Cl)c1. The Morgan fingerprint density at radius 1 is 1.47 bits per heavy atom. The fourth-order valence-corrected chi connectivity index (χ4v) is 3.06. The van der Waals surface area contributed by atoms with Crippen molar-refractivity contribution in [2.75, 3.05) is 13.1 Å². The van der Waals surface area contributed by atoms with Gasteiger partial charge in [-0.15, -0.1) is 0 Å². The molecule has 0 bridgehead atoms. The molecule has 6 heteroatoms. The van der Waals surface area contributed by atoms with Gasteiger partial charge in [-0.25, -0.2) is 8.42 Å². The van der Waals surface area contributed by atoms with E-state index >= 15 is 0 Å². The second kappa shape index (κ2) is 6.01. The van der Waals surface area contributed by atoms with Crippen LogP contribution in [0.4, 0.5) is 0 Å². The molecule has 0 aliphatic carbocycles. The Bertz CT molecular complexity index is 523. The first-order valence-corrected chi connectivity index (χ1v) is 7.07. The highest BCUT2D eigenvalue weighted by atomic mass is 35.5. The molecule has 0 radical (unpaired) electrons. The summed E-state index contributed by atoms with van der Waals surface area (Å²) in [4.78, 5) is 0. The molecule has 0 aromatic heterocycles. The minimum atomic E-state index is -3.45. The summed E-state index contributed by atoms with van der Waals surface area (Å²) in [5, 5.41) is 9.07. The zero-order chi connectivity index (χ0) is 12.9. The minimum Gasteiger partial charge on any atom is -0.212 e. The van der Waals surface area contributed by atoms with Crippen molar-refractivity contribution in [2.24, 2.45) is 0 Å². The second-order valence-corrected chi connectivity index (χ2v) is 5.88. The molecule has 1 aromatic carbocycles. The molecule has 17 heavy (non-hydrogen) atoms. The molecule has 0 saturated heterocycles. The fourth-order valence-electron chi connectivity index (χ4n) is 1.41. The van der Waals surface area contributed by atoms with Crippen LogP contribution in [0, 0.1) is 11.3 Å². The van der Waals surface area contributed by atoms with Gasteiger partial charge in [-0.2, -0.15) is 9.57 Å². The van der Waals surface area contributed by atoms with E-state index in [1.807, 2.05) is 6.07 Å². The highest BCUT2D eigenvalue weighted by Gasteiger charge is 2.20. The molecule has 1 rings (SSSR count). The van der Waals surface area contributed by atoms with Gasteiger partial charge in [-0.3, -0.25) is 0 Å². The third-order valence-corrected chi connectivity index (χ3v) is 4.34. The molecular weight excluding hydrogens is 260 g/mol. The topological polar surface area (TPSA) is 61.2 Å². The van der Waals surface area contributed by atoms with Gasteiger partial charge in [0, 0.05) is 11.6 Å². The third-order valence-electron chi connectivity index (χ3n) is 2.23. The summed E-state index contributed by atoms with van der Waals surface area (Å²) < 4.78 is 25.1. The number of halogens is 1. The van der Waals surface area contributed by atoms with Crippen LogP contribution in [0.1, 0.15) is 12.5 Å². The summed E-state index contributed by atoms with van der Waals surface area (Å²) in [5.41, 5.74) is 0.619. The maximum absolute atomic E-state index is 12.0. The number of benzene rings is 1. The third kappa shape index (κ3) is 4.00. The monoisotopic (exact) mass is 272 g/mol. The average molecular weight is 273 g/mol. The first kappa shape index (κ1) is 14.0. The van der Waals surface area contributed by atoms with Crippen molar-refractivity contribution in [1.82, 2.24) is 4.31 Å². The Balaban J connectivity index is 2.90. The summed E-state index contributed by atoms with van der Waals surface area (Å²) >= 11 is 5.79. The van der Waals surface area contributed by atoms with Crippen LogP contribution >= 0.6 is 11.6 Å². The normalized spacial score (nSPS) is 11.4. The summed E-state index contributed by atoms with van der Waals surface area (Å²) in [6, 6.07) is 8.54. The standard InChI is InChI=1S/C11H13ClN2O2S/c1-2-14(7-6-13)17(15,16)9-10-4-3-5-11(12)8-10/h3-5,8H,2,7,9H2,1H3. The first-order chi connectivity index (χ1) is 7.99. The Kier molecular flexibility index (Phi) is 4.94. The molecule has 0 spiro atoms. The van der Waals surface area contributed by atoms with Crippen LogP contribution in [0.2, 0.25) is 5.02 Å². The molecule has 0 saturated carbocycles. The van der Waals surface area contributed by atoms with Crippen molar-refractivity contribution in [3.05, 3.63) is 34.9 Å². The molecular formula is C11H13ClN2O2S. The maximum Gasteiger partial charge on any atom is 0.219 e. The van der Waals surface area contributed by atoms with Gasteiger partial charge in [0.15, 0.2) is 0 Å². The van der Waals surface area contributed by atoms with E-state index < -0.39 is 10.0 Å². The number of nitriles is 1. The number of hydrogen-bond donors (Lipinski definition) is 0. The van der Waals surface area contributed by atoms with Gasteiger partial charge < -0.3 is 0 Å². The van der Waals surface area contributed by atoms with Crippen LogP contribution in [0.5, 0.6) is 0 Å². The smallest absolute Gasteiger partial charge is 0.212 e. The molecule has 0 amide bonds. The molecule has 4 nitrogen and oxygen atoms in total. The van der Waals surface area contributed by atoms with Gasteiger partial charge in [0.25, 0.3) is 0 Å². The Morgan fingerprint density at radius 3 is 2.71 bits per heavy atom. The molecule has 0 aliphatic rings. The zero-order valence-electron chi connectivity index (χ0n) is 9.43. The van der Waals surface area contributed by atoms with Crippen molar-refractivity contribution >= 4 is 21.6 Å². The molecule has 0 N–H and O–H groups in total. The summed E-state index contributed by atoms with van der Waals surface area (Å²) in [5.74, 6) is -0.136. The fraction of sp³-hybridized carbons (Fsp3) is 0.364. The van der Waals surface area contributed by atoms with Gasteiger partial charge in [0.1, 0.15) is 6.54 Å². The lowest BCUT2D eigenvalue weighted by atomic mass is 10.2. The number of sulfonamides is 1. The molecule has 0 heterocycles. The highest BCUT2D eigenvalue weighted by molar-refractivity contribution is 7.88. The lowest BCUT2D eigenvalue weighted by Gasteiger charge is -2.17. The molecule has 0 atom stereocenters. The van der Waals surface area contributed by atoms with Crippen LogP contribution in [0.25, 0.3) is 0 Å². The molecule has 1 aromatic rings. The van der Waals surface area contributed by atoms with Gasteiger partial charge >= 0.3 is 0 Å². The van der Waals surface area contributed by atoms with E-state index in [1.54, 1.807) is 31.2 Å². The molecule has 0 aliphatic heterocycles. The van der Waals surface area contributed by atoms with Gasteiger partial charge in [-0.1, -0.05) is 30.7 Å². The Labute approximate surface area is 106 Å². The van der Waals surface area contributed by atoms with Gasteiger partial charge in [0.05, 0.1) is 11.8 Å². The predicted molar refractivity (Wildman–Crippen MR) is 66.9 cm³/mol. The lowest BCUT2D eigenvalue weighted by Crippen LogP contribution is -2.32. The summed E-state index contributed by atoms with van der Waals surface area (Å²) in [6.45, 7) is 1.86. The van der Waals surface area contributed by atoms with E-state index in [4.69, 9.17) is 16.9 Å². The predicted octanol–water partition coefficient (Wildman–Crippen LogP) is 2.02. The van der Waals surface area contributed by atoms with E-state index in [0.29, 0.717) is 10.6 Å². The van der Waals surface area contributed by atoms with Crippen molar-refractivity contribution in [3.8, 4) is 6.07 Å². The molecule has 0 unspecified atom stereocenters. The van der Waals surface area contributed by atoms with E-state index in [0.717, 1.165) is 4.31 Å². The van der Waals surface area contributed by atoms with Crippen LogP contribution in [0.15, 0.2) is 24.3 Å². The quantitative estimate of drug-likeness (QED) is 0.771. The number of hydrogen-bond acceptors (Lipinski definition) is 3. The van der Waals surface area contributed by atoms with E-state index in [2.05, 4.69) is 0 Å². The summed E-state index contributed by atoms with van der Waals surface area (Å²) in [6.07, 6.45) is 0. The number of rotatable bonds is 5. The second-order valence-electron chi connectivity index (χ2n) is 3.47. The van der Waals surface area contributed by atoms with Gasteiger partial charge in [-0.05, 0) is 17.7 Å². The highest BCUT2D eigenvalue weighted by Crippen LogP contribution is 2.15. The average Bonchev–Trinajstić information content (AvgIpc) is 2.24. The molecule has 92 valence electrons. The first-order valence-electron chi connectivity index (χ1n) is 5.09. The van der Waals surface area contributed by atoms with E-state index in [1.165, 1.54) is 0 Å². The minimum absolute atomic E-state index is 0.126. The van der Waals surface area contributed by atoms with Crippen molar-refractivity contribution in [2.45, 2.75) is 12.7 Å². The number of nitrogens with zero attached hydrogens (tertiary/aromatic N) is 2. The lowest BCUT2D eigenvalue weighted by molar-refractivity contribution is 0.462. The van der Waals surface area contributed by atoms with Crippen molar-refractivity contribution in [3.63, 3.8) is 0 Å². The van der Waals surface area contributed by atoms with Gasteiger partial charge in [0.2, 0.25) is 10.0 Å². The zero-order valence-corrected chi connectivity index (χ0v) is 11.0. The largest absolute Gasteiger partial charge is 0.219 e. The van der Waals surface area contributed by atoms with Crippen molar-refractivity contribution in [1.29, 1.82) is 5.26 Å². The van der Waals surface area contributed by atoms with E-state index in [9.17, 15) is 8.42 Å². The molecule has 0 fully saturated rings. The van der Waals surface area contributed by atoms with Crippen LogP contribution in [0.3, 0.4) is 0 Å². The summed E-state index contributed by atoms with van der Waals surface area (Å²) in [7, 11) is -3.45. The Morgan fingerprint density at radius 2 is 2.18 bits per heavy atom. The Hall–Kier alpha value is -1.09. The maximum atomic E-state index is 12.0. The van der Waals surface area contributed by atoms with Crippen molar-refractivity contribution < 1.29 is 8.42 Å². The van der Waals surface area contributed by atoms with Crippen LogP contribution < -0.4 is 0 Å². The van der Waals surface area contributed by atoms with Crippen LogP contribution in [-0.2, 0) is 15.8 Å². The van der Waals surface area contributed by atoms with Crippen LogP contribution in [-0.4, -0.2) is 25.8 Å². The van der Waals surface area contributed by atoms with E-state index in [-0.39, 0.29) is 18.8 Å².